The lowest BCUT2D eigenvalue weighted by Gasteiger charge is -2.37. The monoisotopic (exact) mass is 490 g/mol. The van der Waals surface area contributed by atoms with Gasteiger partial charge in [0.2, 0.25) is 0 Å². The molecule has 0 bridgehead atoms. The highest BCUT2D eigenvalue weighted by Gasteiger charge is 2.43. The van der Waals surface area contributed by atoms with Crippen LogP contribution in [-0.4, -0.2) is 43.2 Å². The number of nitrogens with zero attached hydrogens (tertiary/aromatic N) is 1. The van der Waals surface area contributed by atoms with Crippen LogP contribution in [0.4, 0.5) is 27.6 Å². The maximum atomic E-state index is 14.3. The van der Waals surface area contributed by atoms with E-state index in [2.05, 4.69) is 5.32 Å². The van der Waals surface area contributed by atoms with Gasteiger partial charge < -0.3 is 10.2 Å². The number of thiophene rings is 1. The number of benzene rings is 1. The molecule has 1 fully saturated rings. The van der Waals surface area contributed by atoms with Crippen LogP contribution in [0.25, 0.3) is 10.1 Å². The van der Waals surface area contributed by atoms with Gasteiger partial charge >= 0.3 is 6.18 Å². The highest BCUT2D eigenvalue weighted by molar-refractivity contribution is 14.1. The Kier molecular flexibility index (Phi) is 5.20. The van der Waals surface area contributed by atoms with Gasteiger partial charge in [0.1, 0.15) is 0 Å². The molecule has 1 aliphatic heterocycles. The molecule has 3 rings (SSSR count). The summed E-state index contributed by atoms with van der Waals surface area (Å²) in [5.74, 6) is -2.89. The van der Waals surface area contributed by atoms with Gasteiger partial charge in [-0.3, -0.25) is 0 Å². The van der Waals surface area contributed by atoms with E-state index >= 15 is 0 Å². The predicted molar refractivity (Wildman–Crippen MR) is 98.8 cm³/mol. The van der Waals surface area contributed by atoms with Crippen molar-refractivity contribution >= 4 is 49.7 Å². The zero-order chi connectivity index (χ0) is 18.4. The number of piperidine rings is 1. The molecule has 1 N–H and O–H groups in total. The van der Waals surface area contributed by atoms with Crippen LogP contribution in [0.5, 0.6) is 0 Å². The number of nitrogens with one attached hydrogen (secondary N) is 1. The largest absolute Gasteiger partial charge is 0.393 e. The minimum atomic E-state index is -4.31. The zero-order valence-corrected chi connectivity index (χ0v) is 16.2. The summed E-state index contributed by atoms with van der Waals surface area (Å²) >= 11 is 3.09. The molecule has 1 saturated heterocycles. The fraction of sp³-hybridized carbons (Fsp3) is 0.500. The summed E-state index contributed by atoms with van der Waals surface area (Å²) in [6.45, 7) is 0.215. The summed E-state index contributed by atoms with van der Waals surface area (Å²) in [6, 6.07) is 3.86. The number of alkyl halides is 5. The number of hydrogen-bond acceptors (Lipinski definition) is 3. The van der Waals surface area contributed by atoms with E-state index in [0.29, 0.717) is 25.2 Å². The molecule has 0 saturated carbocycles. The molecule has 9 heteroatoms. The van der Waals surface area contributed by atoms with Crippen molar-refractivity contribution in [2.24, 2.45) is 0 Å². The third kappa shape index (κ3) is 4.19. The second-order valence-electron chi connectivity index (χ2n) is 6.31. The first-order chi connectivity index (χ1) is 11.6. The lowest BCUT2D eigenvalue weighted by atomic mass is 10.0. The lowest BCUT2D eigenvalue weighted by molar-refractivity contribution is -0.127. The van der Waals surface area contributed by atoms with Crippen LogP contribution in [0.15, 0.2) is 18.2 Å². The molecular weight excluding hydrogens is 474 g/mol. The smallest absolute Gasteiger partial charge is 0.375 e. The third-order valence-electron chi connectivity index (χ3n) is 4.27. The van der Waals surface area contributed by atoms with Gasteiger partial charge in [-0.05, 0) is 53.1 Å². The molecule has 2 heterocycles. The van der Waals surface area contributed by atoms with Crippen molar-refractivity contribution in [1.82, 2.24) is 4.90 Å². The normalized spacial score (nSPS) is 21.6. The van der Waals surface area contributed by atoms with E-state index in [9.17, 15) is 22.0 Å². The number of halogens is 6. The van der Waals surface area contributed by atoms with Crippen LogP contribution < -0.4 is 5.32 Å². The maximum Gasteiger partial charge on any atom is 0.393 e. The fourth-order valence-corrected chi connectivity index (χ4v) is 5.26. The van der Waals surface area contributed by atoms with Crippen LogP contribution in [0.3, 0.4) is 0 Å². The van der Waals surface area contributed by atoms with Gasteiger partial charge in [-0.25, -0.2) is 8.78 Å². The highest BCUT2D eigenvalue weighted by Crippen LogP contribution is 2.41. The minimum absolute atomic E-state index is 0.215. The van der Waals surface area contributed by atoms with Gasteiger partial charge in [-0.1, -0.05) is 12.1 Å². The SMILES string of the molecule is CN1CCC(Nc2cccc3c(CC(F)(F)F)c(I)sc23)C(F)(F)C1. The molecule has 1 atom stereocenters. The molecule has 138 valence electrons. The van der Waals surface area contributed by atoms with Crippen LogP contribution in [0, 0.1) is 2.88 Å². The Morgan fingerprint density at radius 1 is 1.36 bits per heavy atom. The molecule has 0 radical (unpaired) electrons. The van der Waals surface area contributed by atoms with E-state index in [-0.39, 0.29) is 18.5 Å². The van der Waals surface area contributed by atoms with Crippen molar-refractivity contribution in [1.29, 1.82) is 0 Å². The summed E-state index contributed by atoms with van der Waals surface area (Å²) in [5, 5.41) is 3.37. The molecule has 25 heavy (non-hydrogen) atoms. The summed E-state index contributed by atoms with van der Waals surface area (Å²) in [5.41, 5.74) is 0.690. The van der Waals surface area contributed by atoms with Crippen LogP contribution >= 0.6 is 33.9 Å². The van der Waals surface area contributed by atoms with Crippen molar-refractivity contribution in [3.8, 4) is 0 Å². The second kappa shape index (κ2) is 6.80. The lowest BCUT2D eigenvalue weighted by Crippen LogP contribution is -2.53. The first-order valence-corrected chi connectivity index (χ1v) is 9.56. The van der Waals surface area contributed by atoms with Crippen LogP contribution in [0.1, 0.15) is 12.0 Å². The van der Waals surface area contributed by atoms with Gasteiger partial charge in [0.05, 0.1) is 32.3 Å². The average molecular weight is 490 g/mol. The van der Waals surface area contributed by atoms with Gasteiger partial charge in [0.25, 0.3) is 5.92 Å². The summed E-state index contributed by atoms with van der Waals surface area (Å²) < 4.78 is 68.1. The second-order valence-corrected chi connectivity index (χ2v) is 9.14. The molecule has 0 aliphatic carbocycles. The van der Waals surface area contributed by atoms with E-state index in [1.54, 1.807) is 30.1 Å². The van der Waals surface area contributed by atoms with Crippen molar-refractivity contribution in [3.63, 3.8) is 0 Å². The minimum Gasteiger partial charge on any atom is -0.375 e. The predicted octanol–water partition coefficient (Wildman–Crippen LogP) is 5.36. The molecule has 2 nitrogen and oxygen atoms in total. The van der Waals surface area contributed by atoms with E-state index < -0.39 is 24.6 Å². The van der Waals surface area contributed by atoms with Crippen LogP contribution in [-0.2, 0) is 6.42 Å². The summed E-state index contributed by atoms with van der Waals surface area (Å²) in [7, 11) is 1.65. The Balaban J connectivity index is 1.94. The number of likely N-dealkylation sites (tertiary alicyclic amines) is 1. The molecule has 1 unspecified atom stereocenters. The zero-order valence-electron chi connectivity index (χ0n) is 13.3. The Hall–Kier alpha value is -0.680. The number of rotatable bonds is 3. The van der Waals surface area contributed by atoms with Crippen LogP contribution in [0.2, 0.25) is 0 Å². The Morgan fingerprint density at radius 2 is 2.08 bits per heavy atom. The molecule has 1 aliphatic rings. The molecule has 0 spiro atoms. The highest BCUT2D eigenvalue weighted by atomic mass is 127. The van der Waals surface area contributed by atoms with E-state index in [1.165, 1.54) is 11.3 Å². The summed E-state index contributed by atoms with van der Waals surface area (Å²) in [4.78, 5) is 1.58. The van der Waals surface area contributed by atoms with Crippen molar-refractivity contribution < 1.29 is 22.0 Å². The Labute approximate surface area is 159 Å². The van der Waals surface area contributed by atoms with Crippen molar-refractivity contribution in [2.45, 2.75) is 31.0 Å². The number of hydrogen-bond donors (Lipinski definition) is 1. The topological polar surface area (TPSA) is 15.3 Å². The Morgan fingerprint density at radius 3 is 2.72 bits per heavy atom. The van der Waals surface area contributed by atoms with E-state index in [0.717, 1.165) is 0 Å². The van der Waals surface area contributed by atoms with Gasteiger partial charge in [-0.2, -0.15) is 13.2 Å². The van der Waals surface area contributed by atoms with E-state index in [1.807, 2.05) is 22.6 Å². The molecule has 1 aromatic carbocycles. The molecule has 1 aromatic heterocycles. The van der Waals surface area contributed by atoms with E-state index in [4.69, 9.17) is 0 Å². The maximum absolute atomic E-state index is 14.3. The third-order valence-corrected chi connectivity index (χ3v) is 6.65. The van der Waals surface area contributed by atoms with Crippen molar-refractivity contribution in [3.05, 3.63) is 26.6 Å². The molecular formula is C16H16F5IN2S. The van der Waals surface area contributed by atoms with Gasteiger partial charge in [-0.15, -0.1) is 11.3 Å². The number of anilines is 1. The fourth-order valence-electron chi connectivity index (χ4n) is 3.10. The first-order valence-electron chi connectivity index (χ1n) is 7.66. The standard InChI is InChI=1S/C16H16F5IN2S/c1-24-6-5-12(15(17,18)8-24)23-11-4-2-3-9-10(7-16(19,20)21)14(22)25-13(9)11/h2-4,12,23H,5-8H2,1H3. The first kappa shape index (κ1) is 19.1. The quantitative estimate of drug-likeness (QED) is 0.461. The molecule has 2 aromatic rings. The van der Waals surface area contributed by atoms with Gasteiger partial charge in [0, 0.05) is 6.54 Å². The Bertz CT molecular complexity index is 774. The average Bonchev–Trinajstić information content (AvgIpc) is 2.77. The van der Waals surface area contributed by atoms with Crippen molar-refractivity contribution in [2.75, 3.05) is 25.5 Å². The van der Waals surface area contributed by atoms with Gasteiger partial charge in [0.15, 0.2) is 0 Å². The summed E-state index contributed by atoms with van der Waals surface area (Å²) in [6.07, 6.45) is -5.05. The molecule has 0 amide bonds. The number of fused-ring (bicyclic) bond motifs is 1.